The topological polar surface area (TPSA) is 46.6 Å². The maximum absolute atomic E-state index is 13.3. The second kappa shape index (κ2) is 8.81. The molecule has 1 amide bonds. The van der Waals surface area contributed by atoms with Crippen LogP contribution in [0.1, 0.15) is 35.1 Å². The number of thioether (sulfide) groups is 1. The molecule has 2 aromatic rings. The van der Waals surface area contributed by atoms with E-state index in [2.05, 4.69) is 0 Å². The van der Waals surface area contributed by atoms with E-state index >= 15 is 0 Å². The molecular weight excluding hydrogens is 382 g/mol. The molecule has 0 radical (unpaired) electrons. The van der Waals surface area contributed by atoms with Crippen molar-refractivity contribution in [1.29, 1.82) is 0 Å². The molecule has 0 aliphatic carbocycles. The van der Waals surface area contributed by atoms with Crippen LogP contribution in [-0.2, 0) is 9.53 Å². The molecule has 0 N–H and O–H groups in total. The number of carbonyl (C=O) groups excluding carboxylic acids is 2. The smallest absolute Gasteiger partial charge is 0.329 e. The fourth-order valence-electron chi connectivity index (χ4n) is 2.93. The predicted octanol–water partition coefficient (Wildman–Crippen LogP) is 4.80. The molecule has 6 heteroatoms. The Morgan fingerprint density at radius 1 is 1.19 bits per heavy atom. The molecule has 0 saturated carbocycles. The molecule has 1 saturated heterocycles. The fraction of sp³-hybridized carbons (Fsp3) is 0.333. The van der Waals surface area contributed by atoms with E-state index < -0.39 is 6.04 Å². The molecule has 0 unspecified atom stereocenters. The van der Waals surface area contributed by atoms with E-state index in [1.54, 1.807) is 40.9 Å². The largest absolute Gasteiger partial charge is 0.464 e. The minimum atomic E-state index is -0.620. The van der Waals surface area contributed by atoms with E-state index in [9.17, 15) is 9.59 Å². The number of halogens is 1. The Kier molecular flexibility index (Phi) is 6.45. The van der Waals surface area contributed by atoms with Crippen LogP contribution in [0, 0.1) is 5.92 Å². The quantitative estimate of drug-likeness (QED) is 0.673. The average Bonchev–Trinajstić information content (AvgIpc) is 3.11. The molecule has 1 heterocycles. The standard InChI is InChI=1S/C21H22ClNO3S/c1-14(2)12-26-21(25)18-13-27-20(15-7-4-3-5-8-15)23(18)19(24)16-9-6-10-17(22)11-16/h3-11,14,18,20H,12-13H2,1-2H3/t18-,20+/m1/s1. The zero-order valence-corrected chi connectivity index (χ0v) is 16.9. The third kappa shape index (κ3) is 4.66. The first-order chi connectivity index (χ1) is 13.0. The number of hydrogen-bond donors (Lipinski definition) is 0. The lowest BCUT2D eigenvalue weighted by atomic mass is 10.1. The van der Waals surface area contributed by atoms with E-state index in [0.717, 1.165) is 5.56 Å². The summed E-state index contributed by atoms with van der Waals surface area (Å²) in [5.74, 6) is 0.167. The molecule has 0 spiro atoms. The highest BCUT2D eigenvalue weighted by Gasteiger charge is 2.43. The third-order valence-electron chi connectivity index (χ3n) is 4.22. The van der Waals surface area contributed by atoms with Crippen LogP contribution in [-0.4, -0.2) is 35.2 Å². The molecule has 2 atom stereocenters. The van der Waals surface area contributed by atoms with Crippen LogP contribution in [0.15, 0.2) is 54.6 Å². The molecule has 0 bridgehead atoms. The molecule has 142 valence electrons. The van der Waals surface area contributed by atoms with Gasteiger partial charge < -0.3 is 9.64 Å². The predicted molar refractivity (Wildman–Crippen MR) is 109 cm³/mol. The minimum absolute atomic E-state index is 0.220. The van der Waals surface area contributed by atoms with Crippen molar-refractivity contribution in [2.75, 3.05) is 12.4 Å². The summed E-state index contributed by atoms with van der Waals surface area (Å²) in [5, 5.41) is 0.247. The van der Waals surface area contributed by atoms with Crippen molar-refractivity contribution in [2.24, 2.45) is 5.92 Å². The van der Waals surface area contributed by atoms with Crippen LogP contribution in [0.25, 0.3) is 0 Å². The van der Waals surface area contributed by atoms with Crippen LogP contribution in [0.3, 0.4) is 0 Å². The molecular formula is C21H22ClNO3S. The van der Waals surface area contributed by atoms with Gasteiger partial charge in [-0.25, -0.2) is 4.79 Å². The fourth-order valence-corrected chi connectivity index (χ4v) is 4.53. The first kappa shape index (κ1) is 19.8. The maximum atomic E-state index is 13.3. The third-order valence-corrected chi connectivity index (χ3v) is 5.78. The van der Waals surface area contributed by atoms with Crippen LogP contribution >= 0.6 is 23.4 Å². The molecule has 1 fully saturated rings. The summed E-state index contributed by atoms with van der Waals surface area (Å²) in [6, 6.07) is 15.9. The van der Waals surface area contributed by atoms with Gasteiger partial charge in [-0.3, -0.25) is 4.79 Å². The summed E-state index contributed by atoms with van der Waals surface area (Å²) < 4.78 is 5.44. The summed E-state index contributed by atoms with van der Waals surface area (Å²) in [5.41, 5.74) is 1.45. The number of nitrogens with zero attached hydrogens (tertiary/aromatic N) is 1. The van der Waals surface area contributed by atoms with Gasteiger partial charge in [0.15, 0.2) is 0 Å². The minimum Gasteiger partial charge on any atom is -0.464 e. The molecule has 4 nitrogen and oxygen atoms in total. The first-order valence-electron chi connectivity index (χ1n) is 8.89. The average molecular weight is 404 g/mol. The van der Waals surface area contributed by atoms with E-state index in [1.165, 1.54) is 0 Å². The Bertz CT molecular complexity index is 812. The van der Waals surface area contributed by atoms with Crippen LogP contribution in [0.2, 0.25) is 5.02 Å². The highest BCUT2D eigenvalue weighted by atomic mass is 35.5. The Morgan fingerprint density at radius 3 is 2.59 bits per heavy atom. The van der Waals surface area contributed by atoms with Gasteiger partial charge in [-0.2, -0.15) is 0 Å². The highest BCUT2D eigenvalue weighted by Crippen LogP contribution is 2.42. The molecule has 1 aliphatic heterocycles. The zero-order valence-electron chi connectivity index (χ0n) is 15.3. The van der Waals surface area contributed by atoms with Gasteiger partial charge in [0.05, 0.1) is 6.61 Å². The summed E-state index contributed by atoms with van der Waals surface area (Å²) in [6.07, 6.45) is 0. The van der Waals surface area contributed by atoms with Crippen molar-refractivity contribution in [3.63, 3.8) is 0 Å². The van der Waals surface area contributed by atoms with Gasteiger partial charge in [0.25, 0.3) is 5.91 Å². The van der Waals surface area contributed by atoms with Gasteiger partial charge >= 0.3 is 5.97 Å². The van der Waals surface area contributed by atoms with Gasteiger partial charge in [-0.15, -0.1) is 11.8 Å². The summed E-state index contributed by atoms with van der Waals surface area (Å²) in [6.45, 7) is 4.31. The zero-order chi connectivity index (χ0) is 19.4. The van der Waals surface area contributed by atoms with Crippen molar-refractivity contribution in [3.8, 4) is 0 Å². The number of hydrogen-bond acceptors (Lipinski definition) is 4. The van der Waals surface area contributed by atoms with Crippen LogP contribution < -0.4 is 0 Å². The number of benzene rings is 2. The van der Waals surface area contributed by atoms with Gasteiger partial charge in [-0.1, -0.05) is 61.8 Å². The number of esters is 1. The molecule has 2 aromatic carbocycles. The number of carbonyl (C=O) groups is 2. The number of rotatable bonds is 5. The van der Waals surface area contributed by atoms with Crippen molar-refractivity contribution in [3.05, 3.63) is 70.7 Å². The van der Waals surface area contributed by atoms with Crippen molar-refractivity contribution >= 4 is 35.2 Å². The lowest BCUT2D eigenvalue weighted by Crippen LogP contribution is -2.44. The molecule has 1 aliphatic rings. The number of amides is 1. The van der Waals surface area contributed by atoms with Crippen LogP contribution in [0.5, 0.6) is 0 Å². The first-order valence-corrected chi connectivity index (χ1v) is 10.3. The Hall–Kier alpha value is -1.98. The van der Waals surface area contributed by atoms with Crippen molar-refractivity contribution in [2.45, 2.75) is 25.3 Å². The van der Waals surface area contributed by atoms with Crippen molar-refractivity contribution < 1.29 is 14.3 Å². The maximum Gasteiger partial charge on any atom is 0.329 e. The Labute approximate surface area is 168 Å². The van der Waals surface area contributed by atoms with E-state index in [0.29, 0.717) is 22.9 Å². The summed E-state index contributed by atoms with van der Waals surface area (Å²) in [7, 11) is 0. The van der Waals surface area contributed by atoms with Gasteiger partial charge in [0.1, 0.15) is 11.4 Å². The molecule has 3 rings (SSSR count). The monoisotopic (exact) mass is 403 g/mol. The van der Waals surface area contributed by atoms with Crippen molar-refractivity contribution in [1.82, 2.24) is 4.90 Å². The summed E-state index contributed by atoms with van der Waals surface area (Å²) in [4.78, 5) is 27.6. The van der Waals surface area contributed by atoms with E-state index in [1.807, 2.05) is 44.2 Å². The lowest BCUT2D eigenvalue weighted by molar-refractivity contribution is -0.149. The Morgan fingerprint density at radius 2 is 1.93 bits per heavy atom. The molecule has 0 aromatic heterocycles. The lowest BCUT2D eigenvalue weighted by Gasteiger charge is -2.29. The summed E-state index contributed by atoms with van der Waals surface area (Å²) >= 11 is 7.64. The highest BCUT2D eigenvalue weighted by molar-refractivity contribution is 7.99. The molecule has 27 heavy (non-hydrogen) atoms. The van der Waals surface area contributed by atoms with Gasteiger partial charge in [0, 0.05) is 16.3 Å². The second-order valence-electron chi connectivity index (χ2n) is 6.86. The number of ether oxygens (including phenoxy) is 1. The van der Waals surface area contributed by atoms with E-state index in [-0.39, 0.29) is 23.2 Å². The Balaban J connectivity index is 1.92. The SMILES string of the molecule is CC(C)COC(=O)[C@H]1CS[C@@H](c2ccccc2)N1C(=O)c1cccc(Cl)c1. The van der Waals surface area contributed by atoms with Gasteiger partial charge in [0.2, 0.25) is 0 Å². The second-order valence-corrected chi connectivity index (χ2v) is 8.41. The van der Waals surface area contributed by atoms with E-state index in [4.69, 9.17) is 16.3 Å². The van der Waals surface area contributed by atoms with Gasteiger partial charge in [-0.05, 0) is 29.7 Å². The normalized spacial score (nSPS) is 19.3. The van der Waals surface area contributed by atoms with Crippen LogP contribution in [0.4, 0.5) is 0 Å².